The minimum absolute atomic E-state index is 0.0133. The van der Waals surface area contributed by atoms with Gasteiger partial charge in [-0.25, -0.2) is 13.4 Å². The number of nitrogens with zero attached hydrogens (tertiary/aromatic N) is 4. The van der Waals surface area contributed by atoms with E-state index in [2.05, 4.69) is 9.88 Å². The normalized spacial score (nSPS) is 25.3. The number of piperazine rings is 1. The Balaban J connectivity index is 1.66. The van der Waals surface area contributed by atoms with Gasteiger partial charge in [-0.05, 0) is 12.5 Å². The average Bonchev–Trinajstić information content (AvgIpc) is 2.87. The second kappa shape index (κ2) is 5.81. The third kappa shape index (κ3) is 3.05. The van der Waals surface area contributed by atoms with Crippen molar-refractivity contribution in [1.29, 1.82) is 0 Å². The Kier molecular flexibility index (Phi) is 4.00. The van der Waals surface area contributed by atoms with Gasteiger partial charge in [0.05, 0.1) is 16.4 Å². The quantitative estimate of drug-likeness (QED) is 0.582. The predicted molar refractivity (Wildman–Crippen MR) is 81.7 cm³/mol. The number of hydrogen-bond acceptors (Lipinski definition) is 7. The summed E-state index contributed by atoms with van der Waals surface area (Å²) < 4.78 is 23.1. The van der Waals surface area contributed by atoms with E-state index in [0.29, 0.717) is 38.4 Å². The monoisotopic (exact) mass is 326 g/mol. The minimum atomic E-state index is -2.89. The molecule has 0 aromatic carbocycles. The fraction of sp³-hybridized carbons (Fsp3) is 0.615. The van der Waals surface area contributed by atoms with Gasteiger partial charge < -0.3 is 4.90 Å². The third-order valence-electron chi connectivity index (χ3n) is 4.30. The highest BCUT2D eigenvalue weighted by Crippen LogP contribution is 2.27. The van der Waals surface area contributed by atoms with Crippen LogP contribution in [0.3, 0.4) is 0 Å². The molecule has 0 aliphatic carbocycles. The zero-order valence-electron chi connectivity index (χ0n) is 12.1. The highest BCUT2D eigenvalue weighted by molar-refractivity contribution is 7.91. The summed E-state index contributed by atoms with van der Waals surface area (Å²) in [5.41, 5.74) is 0.0133. The summed E-state index contributed by atoms with van der Waals surface area (Å²) >= 11 is 0. The van der Waals surface area contributed by atoms with Gasteiger partial charge in [0, 0.05) is 44.5 Å². The van der Waals surface area contributed by atoms with Crippen molar-refractivity contribution in [3.63, 3.8) is 0 Å². The molecule has 120 valence electrons. The van der Waals surface area contributed by atoms with Crippen molar-refractivity contribution >= 4 is 21.3 Å². The van der Waals surface area contributed by atoms with Crippen LogP contribution in [0.4, 0.5) is 11.5 Å². The molecule has 1 aromatic rings. The van der Waals surface area contributed by atoms with Crippen molar-refractivity contribution in [3.05, 3.63) is 28.4 Å². The Morgan fingerprint density at radius 3 is 2.59 bits per heavy atom. The lowest BCUT2D eigenvalue weighted by molar-refractivity contribution is -0.384. The summed E-state index contributed by atoms with van der Waals surface area (Å²) in [6.07, 6.45) is 2.24. The van der Waals surface area contributed by atoms with Crippen LogP contribution in [0.15, 0.2) is 18.3 Å². The van der Waals surface area contributed by atoms with E-state index in [-0.39, 0.29) is 23.2 Å². The predicted octanol–water partition coefficient (Wildman–Crippen LogP) is 0.299. The molecule has 0 spiro atoms. The molecule has 22 heavy (non-hydrogen) atoms. The lowest BCUT2D eigenvalue weighted by Gasteiger charge is -2.37. The molecule has 9 heteroatoms. The van der Waals surface area contributed by atoms with Gasteiger partial charge in [0.2, 0.25) is 5.82 Å². The van der Waals surface area contributed by atoms with E-state index >= 15 is 0 Å². The zero-order chi connectivity index (χ0) is 15.7. The SMILES string of the molecule is O=[N+]([O-])c1cccnc1N1CCN([C@H]2CCS(=O)(=O)C2)CC1. The van der Waals surface area contributed by atoms with Gasteiger partial charge in [-0.3, -0.25) is 15.0 Å². The molecule has 1 aromatic heterocycles. The summed E-state index contributed by atoms with van der Waals surface area (Å²) in [5, 5.41) is 11.1. The standard InChI is InChI=1S/C13H18N4O4S/c18-17(19)12-2-1-4-14-13(12)16-7-5-15(6-8-16)11-3-9-22(20,21)10-11/h1-2,4,11H,3,5-10H2/t11-/m0/s1. The number of rotatable bonds is 3. The van der Waals surface area contributed by atoms with Gasteiger partial charge in [-0.1, -0.05) is 0 Å². The van der Waals surface area contributed by atoms with Crippen LogP contribution in [0, 0.1) is 10.1 Å². The fourth-order valence-electron chi connectivity index (χ4n) is 3.14. The lowest BCUT2D eigenvalue weighted by Crippen LogP contribution is -2.51. The number of aromatic nitrogens is 1. The van der Waals surface area contributed by atoms with Gasteiger partial charge in [0.15, 0.2) is 9.84 Å². The molecule has 0 saturated carbocycles. The van der Waals surface area contributed by atoms with E-state index in [9.17, 15) is 18.5 Å². The number of hydrogen-bond donors (Lipinski definition) is 0. The maximum Gasteiger partial charge on any atom is 0.311 e. The van der Waals surface area contributed by atoms with E-state index in [1.165, 1.54) is 6.07 Å². The molecule has 2 saturated heterocycles. The summed E-state index contributed by atoms with van der Waals surface area (Å²) in [7, 11) is -2.89. The number of sulfone groups is 1. The van der Waals surface area contributed by atoms with Crippen LogP contribution in [0.1, 0.15) is 6.42 Å². The molecule has 0 N–H and O–H groups in total. The van der Waals surface area contributed by atoms with Crippen LogP contribution in [-0.4, -0.2) is 67.0 Å². The largest absolute Gasteiger partial charge is 0.348 e. The maximum atomic E-state index is 11.6. The Morgan fingerprint density at radius 2 is 2.00 bits per heavy atom. The number of nitro groups is 1. The van der Waals surface area contributed by atoms with Crippen LogP contribution < -0.4 is 4.90 Å². The van der Waals surface area contributed by atoms with E-state index in [1.54, 1.807) is 12.3 Å². The Hall–Kier alpha value is -1.74. The molecule has 1 atom stereocenters. The van der Waals surface area contributed by atoms with Crippen LogP contribution in [-0.2, 0) is 9.84 Å². The minimum Gasteiger partial charge on any atom is -0.348 e. The van der Waals surface area contributed by atoms with Gasteiger partial charge in [0.1, 0.15) is 0 Å². The highest BCUT2D eigenvalue weighted by Gasteiger charge is 2.34. The van der Waals surface area contributed by atoms with Crippen LogP contribution in [0.5, 0.6) is 0 Å². The van der Waals surface area contributed by atoms with Gasteiger partial charge in [0.25, 0.3) is 0 Å². The van der Waals surface area contributed by atoms with E-state index in [1.807, 2.05) is 4.90 Å². The van der Waals surface area contributed by atoms with Crippen molar-refractivity contribution < 1.29 is 13.3 Å². The molecule has 3 heterocycles. The third-order valence-corrected chi connectivity index (χ3v) is 6.05. The number of anilines is 1. The molecule has 2 fully saturated rings. The molecule has 0 radical (unpaired) electrons. The first-order valence-electron chi connectivity index (χ1n) is 7.25. The molecule has 3 rings (SSSR count). The first-order chi connectivity index (χ1) is 10.5. The van der Waals surface area contributed by atoms with Crippen LogP contribution >= 0.6 is 0 Å². The molecule has 0 amide bonds. The molecule has 2 aliphatic rings. The average molecular weight is 326 g/mol. The molecule has 8 nitrogen and oxygen atoms in total. The van der Waals surface area contributed by atoms with Crippen molar-refractivity contribution in [3.8, 4) is 0 Å². The van der Waals surface area contributed by atoms with Crippen LogP contribution in [0.2, 0.25) is 0 Å². The Morgan fingerprint density at radius 1 is 1.27 bits per heavy atom. The summed E-state index contributed by atoms with van der Waals surface area (Å²) in [6, 6.07) is 3.10. The zero-order valence-corrected chi connectivity index (χ0v) is 12.9. The molecular weight excluding hydrogens is 308 g/mol. The van der Waals surface area contributed by atoms with Crippen molar-refractivity contribution in [2.24, 2.45) is 0 Å². The van der Waals surface area contributed by atoms with Crippen molar-refractivity contribution in [1.82, 2.24) is 9.88 Å². The first kappa shape index (κ1) is 15.2. The van der Waals surface area contributed by atoms with E-state index in [4.69, 9.17) is 0 Å². The highest BCUT2D eigenvalue weighted by atomic mass is 32.2. The first-order valence-corrected chi connectivity index (χ1v) is 9.07. The maximum absolute atomic E-state index is 11.6. The topological polar surface area (TPSA) is 96.7 Å². The lowest BCUT2D eigenvalue weighted by atomic mass is 10.2. The van der Waals surface area contributed by atoms with Crippen molar-refractivity contribution in [2.45, 2.75) is 12.5 Å². The summed E-state index contributed by atoms with van der Waals surface area (Å²) in [6.45, 7) is 2.64. The number of pyridine rings is 1. The van der Waals surface area contributed by atoms with E-state index in [0.717, 1.165) is 0 Å². The molecule has 0 bridgehead atoms. The second-order valence-corrected chi connectivity index (χ2v) is 7.91. The van der Waals surface area contributed by atoms with E-state index < -0.39 is 14.8 Å². The van der Waals surface area contributed by atoms with Crippen LogP contribution in [0.25, 0.3) is 0 Å². The molecule has 2 aliphatic heterocycles. The summed E-state index contributed by atoms with van der Waals surface area (Å²) in [4.78, 5) is 18.9. The Labute approximate surface area is 128 Å². The fourth-order valence-corrected chi connectivity index (χ4v) is 4.90. The van der Waals surface area contributed by atoms with Gasteiger partial charge in [-0.2, -0.15) is 0 Å². The smallest absolute Gasteiger partial charge is 0.311 e. The van der Waals surface area contributed by atoms with Gasteiger partial charge in [-0.15, -0.1) is 0 Å². The van der Waals surface area contributed by atoms with Crippen molar-refractivity contribution in [2.75, 3.05) is 42.6 Å². The molecular formula is C13H18N4O4S. The second-order valence-electron chi connectivity index (χ2n) is 5.68. The Bertz CT molecular complexity index is 670. The van der Waals surface area contributed by atoms with Gasteiger partial charge >= 0.3 is 5.69 Å². The summed E-state index contributed by atoms with van der Waals surface area (Å²) in [5.74, 6) is 0.895. The molecule has 0 unspecified atom stereocenters.